The highest BCUT2D eigenvalue weighted by molar-refractivity contribution is 6.13. The summed E-state index contributed by atoms with van der Waals surface area (Å²) in [5.74, 6) is -0.301. The Labute approximate surface area is 205 Å². The quantitative estimate of drug-likeness (QED) is 0.375. The van der Waals surface area contributed by atoms with Crippen molar-refractivity contribution >= 4 is 33.7 Å². The van der Waals surface area contributed by atoms with Gasteiger partial charge < -0.3 is 15.1 Å². The number of aromatic hydroxyl groups is 1. The number of rotatable bonds is 4. The number of hydrogen-bond acceptors (Lipinski definition) is 6. The van der Waals surface area contributed by atoms with Gasteiger partial charge in [-0.05, 0) is 66.8 Å². The monoisotopic (exact) mass is 483 g/mol. The summed E-state index contributed by atoms with van der Waals surface area (Å²) in [7, 11) is 0. The molecule has 36 heavy (non-hydrogen) atoms. The Kier molecular flexibility index (Phi) is 5.25. The van der Waals surface area contributed by atoms with Crippen LogP contribution in [-0.4, -0.2) is 49.2 Å². The van der Waals surface area contributed by atoms with Crippen LogP contribution in [0, 0.1) is 5.82 Å². The number of phenolic OH excluding ortho intramolecular Hbond substituents is 1. The molecule has 0 radical (unpaired) electrons. The molecular weight excluding hydrogens is 461 g/mol. The lowest BCUT2D eigenvalue weighted by Gasteiger charge is -2.33. The fourth-order valence-electron chi connectivity index (χ4n) is 4.95. The van der Waals surface area contributed by atoms with E-state index in [4.69, 9.17) is 4.98 Å². The molecule has 1 saturated heterocycles. The molecule has 9 heteroatoms. The van der Waals surface area contributed by atoms with Gasteiger partial charge in [-0.15, -0.1) is 10.2 Å². The number of carboxylic acid groups (broad SMARTS) is 1. The number of fused-ring (bicyclic) bond motifs is 3. The van der Waals surface area contributed by atoms with Crippen LogP contribution in [0.4, 0.5) is 10.2 Å². The summed E-state index contributed by atoms with van der Waals surface area (Å²) >= 11 is 0. The van der Waals surface area contributed by atoms with Gasteiger partial charge >= 0.3 is 5.97 Å². The average molecular weight is 484 g/mol. The number of anilines is 1. The molecule has 3 heterocycles. The first-order chi connectivity index (χ1) is 17.5. The van der Waals surface area contributed by atoms with Crippen LogP contribution in [0.15, 0.2) is 66.7 Å². The smallest absolute Gasteiger partial charge is 0.336 e. The second-order valence-electron chi connectivity index (χ2n) is 8.99. The molecule has 2 N–H and O–H groups in total. The van der Waals surface area contributed by atoms with Gasteiger partial charge in [0.2, 0.25) is 0 Å². The SMILES string of the molecule is O=C(O)c1cc(N2CCC(c3cccc(O)c3)CC2)nc2ccc3nn(-c4cccc(F)c4)nc3c12. The van der Waals surface area contributed by atoms with Crippen molar-refractivity contribution in [2.75, 3.05) is 18.0 Å². The molecule has 180 valence electrons. The lowest BCUT2D eigenvalue weighted by Crippen LogP contribution is -2.33. The maximum absolute atomic E-state index is 13.7. The van der Waals surface area contributed by atoms with E-state index in [1.165, 1.54) is 16.9 Å². The summed E-state index contributed by atoms with van der Waals surface area (Å²) in [5, 5.41) is 29.2. The maximum atomic E-state index is 13.7. The van der Waals surface area contributed by atoms with Gasteiger partial charge in [0.05, 0.1) is 16.8 Å². The molecule has 1 aliphatic heterocycles. The van der Waals surface area contributed by atoms with Crippen LogP contribution >= 0.6 is 0 Å². The molecule has 0 bridgehead atoms. The number of aromatic carboxylic acids is 1. The van der Waals surface area contributed by atoms with Crippen LogP contribution in [0.2, 0.25) is 0 Å². The van der Waals surface area contributed by atoms with Crippen LogP contribution in [0.1, 0.15) is 34.7 Å². The summed E-state index contributed by atoms with van der Waals surface area (Å²) in [6.45, 7) is 1.44. The topological polar surface area (TPSA) is 104 Å². The van der Waals surface area contributed by atoms with E-state index in [2.05, 4.69) is 15.1 Å². The Morgan fingerprint density at radius 2 is 1.72 bits per heavy atom. The number of aromatic nitrogens is 4. The number of benzene rings is 3. The van der Waals surface area contributed by atoms with Gasteiger partial charge in [-0.1, -0.05) is 18.2 Å². The number of piperidine rings is 1. The molecule has 0 spiro atoms. The Morgan fingerprint density at radius 1 is 0.944 bits per heavy atom. The molecule has 8 nitrogen and oxygen atoms in total. The molecule has 1 aliphatic rings. The lowest BCUT2D eigenvalue weighted by molar-refractivity contribution is 0.0699. The van der Waals surface area contributed by atoms with Crippen molar-refractivity contribution in [3.63, 3.8) is 0 Å². The molecule has 0 atom stereocenters. The van der Waals surface area contributed by atoms with E-state index in [0.717, 1.165) is 31.5 Å². The molecule has 6 rings (SSSR count). The third-order valence-corrected chi connectivity index (χ3v) is 6.74. The Hall–Kier alpha value is -4.53. The summed E-state index contributed by atoms with van der Waals surface area (Å²) in [6, 6.07) is 18.3. The van der Waals surface area contributed by atoms with Crippen molar-refractivity contribution < 1.29 is 19.4 Å². The third kappa shape index (κ3) is 3.88. The Balaban J connectivity index is 1.37. The number of phenols is 1. The number of hydrogen-bond donors (Lipinski definition) is 2. The number of carbonyl (C=O) groups is 1. The molecule has 0 amide bonds. The van der Waals surface area contributed by atoms with Gasteiger partial charge in [0, 0.05) is 24.5 Å². The molecule has 0 unspecified atom stereocenters. The van der Waals surface area contributed by atoms with Gasteiger partial charge in [-0.3, -0.25) is 0 Å². The van der Waals surface area contributed by atoms with Crippen molar-refractivity contribution in [3.8, 4) is 11.4 Å². The van der Waals surface area contributed by atoms with Crippen molar-refractivity contribution in [1.29, 1.82) is 0 Å². The van der Waals surface area contributed by atoms with Crippen LogP contribution < -0.4 is 4.90 Å². The predicted molar refractivity (Wildman–Crippen MR) is 133 cm³/mol. The minimum absolute atomic E-state index is 0.0991. The van der Waals surface area contributed by atoms with E-state index in [1.807, 2.05) is 12.1 Å². The van der Waals surface area contributed by atoms with E-state index in [0.29, 0.717) is 39.4 Å². The van der Waals surface area contributed by atoms with Crippen molar-refractivity contribution in [3.05, 3.63) is 83.7 Å². The minimum Gasteiger partial charge on any atom is -0.508 e. The van der Waals surface area contributed by atoms with Crippen molar-refractivity contribution in [2.24, 2.45) is 0 Å². The molecule has 0 saturated carbocycles. The van der Waals surface area contributed by atoms with Gasteiger partial charge in [-0.25, -0.2) is 14.2 Å². The zero-order chi connectivity index (χ0) is 24.8. The summed E-state index contributed by atoms with van der Waals surface area (Å²) in [6.07, 6.45) is 1.74. The summed E-state index contributed by atoms with van der Waals surface area (Å²) in [5.41, 5.74) is 3.05. The second kappa shape index (κ2) is 8.60. The van der Waals surface area contributed by atoms with Crippen molar-refractivity contribution in [1.82, 2.24) is 20.0 Å². The number of carboxylic acids is 1. The zero-order valence-electron chi connectivity index (χ0n) is 19.2. The van der Waals surface area contributed by atoms with E-state index in [9.17, 15) is 19.4 Å². The Bertz CT molecular complexity index is 1630. The van der Waals surface area contributed by atoms with E-state index in [-0.39, 0.29) is 11.3 Å². The zero-order valence-corrected chi connectivity index (χ0v) is 19.2. The standard InChI is InChI=1S/C27H22FN5O3/c28-18-4-2-5-19(14-18)33-30-23-8-7-22-25(26(23)31-33)21(27(35)36)15-24(29-22)32-11-9-16(10-12-32)17-3-1-6-20(34)13-17/h1-8,13-16,34H,9-12H2,(H,35,36). The van der Waals surface area contributed by atoms with Gasteiger partial charge in [0.15, 0.2) is 0 Å². The summed E-state index contributed by atoms with van der Waals surface area (Å²) in [4.78, 5) is 20.5. The first-order valence-electron chi connectivity index (χ1n) is 11.7. The second-order valence-corrected chi connectivity index (χ2v) is 8.99. The molecule has 3 aromatic carbocycles. The number of halogens is 1. The fourth-order valence-corrected chi connectivity index (χ4v) is 4.95. The normalized spacial score (nSPS) is 14.5. The average Bonchev–Trinajstić information content (AvgIpc) is 3.33. The van der Waals surface area contributed by atoms with E-state index < -0.39 is 11.8 Å². The molecule has 2 aromatic heterocycles. The van der Waals surface area contributed by atoms with Crippen LogP contribution in [0.3, 0.4) is 0 Å². The minimum atomic E-state index is -1.08. The number of pyridine rings is 1. The van der Waals surface area contributed by atoms with Gasteiger partial charge in [0.25, 0.3) is 0 Å². The highest BCUT2D eigenvalue weighted by Crippen LogP contribution is 2.34. The number of nitrogens with zero attached hydrogens (tertiary/aromatic N) is 5. The first kappa shape index (κ1) is 22.0. The van der Waals surface area contributed by atoms with Gasteiger partial charge in [-0.2, -0.15) is 4.80 Å². The van der Waals surface area contributed by atoms with Crippen molar-refractivity contribution in [2.45, 2.75) is 18.8 Å². The summed E-state index contributed by atoms with van der Waals surface area (Å²) < 4.78 is 13.7. The van der Waals surface area contributed by atoms with E-state index >= 15 is 0 Å². The molecule has 0 aliphatic carbocycles. The first-order valence-corrected chi connectivity index (χ1v) is 11.7. The predicted octanol–water partition coefficient (Wildman–Crippen LogP) is 4.90. The lowest BCUT2D eigenvalue weighted by atomic mass is 9.89. The highest BCUT2D eigenvalue weighted by Gasteiger charge is 2.24. The largest absolute Gasteiger partial charge is 0.508 e. The van der Waals surface area contributed by atoms with E-state index in [1.54, 1.807) is 42.5 Å². The Morgan fingerprint density at radius 3 is 2.47 bits per heavy atom. The van der Waals surface area contributed by atoms with Crippen LogP contribution in [0.5, 0.6) is 5.75 Å². The molecule has 5 aromatic rings. The highest BCUT2D eigenvalue weighted by atomic mass is 19.1. The molecular formula is C27H22FN5O3. The fraction of sp³-hybridized carbons (Fsp3) is 0.185. The van der Waals surface area contributed by atoms with Crippen LogP contribution in [0.25, 0.3) is 27.6 Å². The van der Waals surface area contributed by atoms with Crippen LogP contribution in [-0.2, 0) is 0 Å². The third-order valence-electron chi connectivity index (χ3n) is 6.74. The van der Waals surface area contributed by atoms with Gasteiger partial charge in [0.1, 0.15) is 28.4 Å². The maximum Gasteiger partial charge on any atom is 0.336 e. The molecule has 1 fully saturated rings.